The first-order chi connectivity index (χ1) is 15.3. The highest BCUT2D eigenvalue weighted by Crippen LogP contribution is 2.30. The van der Waals surface area contributed by atoms with Crippen LogP contribution < -0.4 is 10.6 Å². The van der Waals surface area contributed by atoms with Crippen molar-refractivity contribution >= 4 is 34.1 Å². The Morgan fingerprint density at radius 1 is 1.03 bits per heavy atom. The molecule has 1 aliphatic carbocycles. The van der Waals surface area contributed by atoms with Gasteiger partial charge < -0.3 is 10.6 Å². The van der Waals surface area contributed by atoms with E-state index in [1.165, 1.54) is 6.07 Å². The summed E-state index contributed by atoms with van der Waals surface area (Å²) in [6.07, 6.45) is 0.651. The summed E-state index contributed by atoms with van der Waals surface area (Å²) in [7, 11) is 0. The van der Waals surface area contributed by atoms with E-state index in [0.717, 1.165) is 54.4 Å². The van der Waals surface area contributed by atoms with Crippen LogP contribution in [0.15, 0.2) is 54.7 Å². The Hall–Kier alpha value is -2.80. The Bertz CT molecular complexity index is 1110. The Morgan fingerprint density at radius 3 is 2.53 bits per heavy atom. The smallest absolute Gasteiger partial charge is 0.382 e. The molecule has 0 atom stereocenters. The van der Waals surface area contributed by atoms with E-state index in [1.807, 2.05) is 24.3 Å². The number of fused-ring (bicyclic) bond motifs is 1. The van der Waals surface area contributed by atoms with E-state index in [2.05, 4.69) is 15.6 Å². The van der Waals surface area contributed by atoms with E-state index in [-0.39, 0.29) is 24.4 Å². The van der Waals surface area contributed by atoms with Crippen molar-refractivity contribution in [1.29, 1.82) is 0 Å². The van der Waals surface area contributed by atoms with E-state index < -0.39 is 11.7 Å². The lowest BCUT2D eigenvalue weighted by Crippen LogP contribution is -2.40. The van der Waals surface area contributed by atoms with E-state index in [1.54, 1.807) is 12.3 Å². The molecule has 1 saturated carbocycles. The van der Waals surface area contributed by atoms with Crippen LogP contribution in [0.4, 0.5) is 18.9 Å². The average molecular weight is 462 g/mol. The lowest BCUT2D eigenvalue weighted by molar-refractivity contribution is -0.137. The molecule has 8 heteroatoms. The van der Waals surface area contributed by atoms with Crippen molar-refractivity contribution in [3.8, 4) is 0 Å². The quantitative estimate of drug-likeness (QED) is 0.490. The Morgan fingerprint density at radius 2 is 1.78 bits per heavy atom. The lowest BCUT2D eigenvalue weighted by Gasteiger charge is -2.30. The fourth-order valence-electron chi connectivity index (χ4n) is 4.17. The van der Waals surface area contributed by atoms with Crippen LogP contribution in [0.1, 0.15) is 36.8 Å². The number of halogens is 4. The number of anilines is 1. The molecule has 0 aliphatic heterocycles. The maximum Gasteiger partial charge on any atom is 0.416 e. The third kappa shape index (κ3) is 5.51. The number of nitrogens with zero attached hydrogens (tertiary/aromatic N) is 1. The van der Waals surface area contributed by atoms with Gasteiger partial charge in [0, 0.05) is 34.4 Å². The second-order valence-electron chi connectivity index (χ2n) is 8.16. The fraction of sp³-hybridized carbons (Fsp3) is 0.333. The minimum atomic E-state index is -4.41. The van der Waals surface area contributed by atoms with Crippen molar-refractivity contribution in [2.24, 2.45) is 0 Å². The highest BCUT2D eigenvalue weighted by atomic mass is 35.5. The zero-order chi connectivity index (χ0) is 22.7. The number of rotatable bonds is 5. The molecular weight excluding hydrogens is 439 g/mol. The SMILES string of the molecule is O=C(Cc1cccc(C(F)(F)F)c1)N[C@H]1CC[C@@H](Nc2ccnc3cc(Cl)ccc23)CC1. The number of aromatic nitrogens is 1. The van der Waals surface area contributed by atoms with Crippen molar-refractivity contribution < 1.29 is 18.0 Å². The lowest BCUT2D eigenvalue weighted by atomic mass is 9.90. The van der Waals surface area contributed by atoms with Gasteiger partial charge in [-0.05, 0) is 61.6 Å². The van der Waals surface area contributed by atoms with Gasteiger partial charge in [0.25, 0.3) is 0 Å². The number of hydrogen-bond donors (Lipinski definition) is 2. The van der Waals surface area contributed by atoms with Crippen LogP contribution in [0.5, 0.6) is 0 Å². The molecule has 1 fully saturated rings. The van der Waals surface area contributed by atoms with Crippen LogP contribution in [0.3, 0.4) is 0 Å². The first kappa shape index (κ1) is 22.4. The number of pyridine rings is 1. The van der Waals surface area contributed by atoms with Gasteiger partial charge in [-0.2, -0.15) is 13.2 Å². The molecule has 0 unspecified atom stereocenters. The molecule has 168 valence electrons. The molecule has 0 spiro atoms. The molecule has 0 saturated heterocycles. The number of carbonyl (C=O) groups is 1. The maximum absolute atomic E-state index is 12.9. The summed E-state index contributed by atoms with van der Waals surface area (Å²) in [5.74, 6) is -0.252. The Labute approximate surface area is 189 Å². The molecule has 3 aromatic rings. The molecule has 1 aliphatic rings. The van der Waals surface area contributed by atoms with Gasteiger partial charge in [0.15, 0.2) is 0 Å². The van der Waals surface area contributed by atoms with Crippen molar-refractivity contribution in [2.75, 3.05) is 5.32 Å². The van der Waals surface area contributed by atoms with Crippen molar-refractivity contribution in [1.82, 2.24) is 10.3 Å². The number of benzene rings is 2. The molecule has 4 rings (SSSR count). The largest absolute Gasteiger partial charge is 0.416 e. The molecule has 32 heavy (non-hydrogen) atoms. The minimum Gasteiger partial charge on any atom is -0.382 e. The van der Waals surface area contributed by atoms with Gasteiger partial charge in [0.1, 0.15) is 0 Å². The molecular formula is C24H23ClF3N3O. The summed E-state index contributed by atoms with van der Waals surface area (Å²) in [4.78, 5) is 16.7. The van der Waals surface area contributed by atoms with Gasteiger partial charge in [-0.1, -0.05) is 29.8 Å². The van der Waals surface area contributed by atoms with Crippen LogP contribution >= 0.6 is 11.6 Å². The fourth-order valence-corrected chi connectivity index (χ4v) is 4.34. The number of amides is 1. The average Bonchev–Trinajstić information content (AvgIpc) is 2.74. The third-order valence-corrected chi connectivity index (χ3v) is 6.01. The normalized spacial score (nSPS) is 19.0. The Kier molecular flexibility index (Phi) is 6.55. The predicted molar refractivity (Wildman–Crippen MR) is 120 cm³/mol. The Balaban J connectivity index is 1.29. The summed E-state index contributed by atoms with van der Waals surface area (Å²) < 4.78 is 38.6. The van der Waals surface area contributed by atoms with Crippen molar-refractivity contribution in [3.05, 3.63) is 70.9 Å². The van der Waals surface area contributed by atoms with Crippen molar-refractivity contribution in [3.63, 3.8) is 0 Å². The van der Waals surface area contributed by atoms with Crippen LogP contribution in [-0.4, -0.2) is 23.0 Å². The van der Waals surface area contributed by atoms with Gasteiger partial charge in [-0.25, -0.2) is 0 Å². The van der Waals surface area contributed by atoms with E-state index in [0.29, 0.717) is 10.6 Å². The van der Waals surface area contributed by atoms with Gasteiger partial charge in [-0.15, -0.1) is 0 Å². The number of carbonyl (C=O) groups excluding carboxylic acids is 1. The summed E-state index contributed by atoms with van der Waals surface area (Å²) in [5.41, 5.74) is 1.46. The zero-order valence-corrected chi connectivity index (χ0v) is 18.0. The van der Waals surface area contributed by atoms with Gasteiger partial charge in [-0.3, -0.25) is 9.78 Å². The summed E-state index contributed by atoms with van der Waals surface area (Å²) in [5, 5.41) is 8.20. The first-order valence-electron chi connectivity index (χ1n) is 10.5. The van der Waals surface area contributed by atoms with E-state index >= 15 is 0 Å². The molecule has 1 aromatic heterocycles. The number of hydrogen-bond acceptors (Lipinski definition) is 3. The first-order valence-corrected chi connectivity index (χ1v) is 10.9. The van der Waals surface area contributed by atoms with E-state index in [9.17, 15) is 18.0 Å². The molecule has 0 radical (unpaired) electrons. The maximum atomic E-state index is 12.9. The van der Waals surface area contributed by atoms with Crippen LogP contribution in [-0.2, 0) is 17.4 Å². The summed E-state index contributed by atoms with van der Waals surface area (Å²) >= 11 is 6.05. The molecule has 0 bridgehead atoms. The van der Waals surface area contributed by atoms with Crippen LogP contribution in [0.25, 0.3) is 10.9 Å². The zero-order valence-electron chi connectivity index (χ0n) is 17.3. The standard InChI is InChI=1S/C24H23ClF3N3O/c25-17-4-9-20-21(10-11-29-22(20)14-17)30-18-5-7-19(8-6-18)31-23(32)13-15-2-1-3-16(12-15)24(26,27)28/h1-4,9-12,14,18-19H,5-8,13H2,(H,29,30)(H,31,32)/t18-,19+. The molecule has 2 aromatic carbocycles. The van der Waals surface area contributed by atoms with Gasteiger partial charge >= 0.3 is 6.18 Å². The second-order valence-corrected chi connectivity index (χ2v) is 8.59. The molecule has 2 N–H and O–H groups in total. The van der Waals surface area contributed by atoms with Gasteiger partial charge in [0.2, 0.25) is 5.91 Å². The molecule has 1 heterocycles. The van der Waals surface area contributed by atoms with E-state index in [4.69, 9.17) is 11.6 Å². The van der Waals surface area contributed by atoms with Crippen LogP contribution in [0, 0.1) is 0 Å². The van der Waals surface area contributed by atoms with Gasteiger partial charge in [0.05, 0.1) is 17.5 Å². The minimum absolute atomic E-state index is 0.0272. The number of alkyl halides is 3. The third-order valence-electron chi connectivity index (χ3n) is 5.78. The molecule has 4 nitrogen and oxygen atoms in total. The highest BCUT2D eigenvalue weighted by molar-refractivity contribution is 6.31. The summed E-state index contributed by atoms with van der Waals surface area (Å²) in [6.45, 7) is 0. The highest BCUT2D eigenvalue weighted by Gasteiger charge is 2.30. The monoisotopic (exact) mass is 461 g/mol. The van der Waals surface area contributed by atoms with Crippen molar-refractivity contribution in [2.45, 2.75) is 50.4 Å². The predicted octanol–water partition coefficient (Wildman–Crippen LogP) is 5.99. The number of nitrogens with one attached hydrogen (secondary N) is 2. The second kappa shape index (κ2) is 9.36. The molecule has 1 amide bonds. The van der Waals surface area contributed by atoms with Crippen LogP contribution in [0.2, 0.25) is 5.02 Å². The topological polar surface area (TPSA) is 54.0 Å². The summed E-state index contributed by atoms with van der Waals surface area (Å²) in [6, 6.07) is 12.8.